The van der Waals surface area contributed by atoms with Crippen molar-refractivity contribution in [3.05, 3.63) is 0 Å². The number of hydrogen-bond acceptors (Lipinski definition) is 6. The molecule has 1 unspecified atom stereocenters. The summed E-state index contributed by atoms with van der Waals surface area (Å²) in [6.45, 7) is 0.616. The van der Waals surface area contributed by atoms with E-state index in [1.165, 1.54) is 0 Å². The molecule has 0 aliphatic rings. The summed E-state index contributed by atoms with van der Waals surface area (Å²) < 4.78 is 0. The third-order valence-electron chi connectivity index (χ3n) is 1.36. The molecule has 0 heterocycles. The van der Waals surface area contributed by atoms with Gasteiger partial charge in [0.25, 0.3) is 0 Å². The molecule has 0 rings (SSSR count). The minimum absolute atomic E-state index is 0.403. The molecule has 0 saturated carbocycles. The van der Waals surface area contributed by atoms with Gasteiger partial charge in [-0.15, -0.1) is 0 Å². The van der Waals surface area contributed by atoms with Gasteiger partial charge in [-0.1, -0.05) is 6.92 Å². The first-order valence-corrected chi connectivity index (χ1v) is 4.00. The van der Waals surface area contributed by atoms with Crippen molar-refractivity contribution in [2.75, 3.05) is 19.8 Å². The third-order valence-corrected chi connectivity index (χ3v) is 1.36. The summed E-state index contributed by atoms with van der Waals surface area (Å²) in [6, 6.07) is 0. The van der Waals surface area contributed by atoms with Gasteiger partial charge in [0, 0.05) is 0 Å². The van der Waals surface area contributed by atoms with Crippen LogP contribution < -0.4 is 11.5 Å². The summed E-state index contributed by atoms with van der Waals surface area (Å²) in [5.74, 6) is 0. The summed E-state index contributed by atoms with van der Waals surface area (Å²) in [7, 11) is 0. The average molecular weight is 196 g/mol. The number of nitrogens with two attached hydrogens (primary N) is 2. The van der Waals surface area contributed by atoms with Gasteiger partial charge in [0.2, 0.25) is 0 Å². The number of rotatable bonds is 4. The van der Waals surface area contributed by atoms with Crippen LogP contribution in [0.5, 0.6) is 0 Å². The van der Waals surface area contributed by atoms with E-state index in [-0.39, 0.29) is 0 Å². The highest BCUT2D eigenvalue weighted by Crippen LogP contribution is 1.93. The van der Waals surface area contributed by atoms with Crippen molar-refractivity contribution in [1.82, 2.24) is 0 Å². The second-order valence-electron chi connectivity index (χ2n) is 2.81. The van der Waals surface area contributed by atoms with E-state index < -0.39 is 31.6 Å². The van der Waals surface area contributed by atoms with Crippen LogP contribution in [0.3, 0.4) is 0 Å². The Labute approximate surface area is 77.8 Å². The van der Waals surface area contributed by atoms with Crippen LogP contribution in [-0.4, -0.2) is 52.0 Å². The molecule has 0 aliphatic carbocycles. The van der Waals surface area contributed by atoms with Crippen LogP contribution >= 0.6 is 0 Å². The van der Waals surface area contributed by atoms with E-state index in [1.54, 1.807) is 0 Å². The molecule has 6 heteroatoms. The van der Waals surface area contributed by atoms with Gasteiger partial charge in [0.05, 0.1) is 25.4 Å². The zero-order valence-electron chi connectivity index (χ0n) is 7.85. The summed E-state index contributed by atoms with van der Waals surface area (Å²) in [4.78, 5) is 0. The van der Waals surface area contributed by atoms with Crippen LogP contribution in [0.15, 0.2) is 0 Å². The maximum Gasteiger partial charge on any atom is 0.102 e. The van der Waals surface area contributed by atoms with Crippen molar-refractivity contribution in [2.24, 2.45) is 11.5 Å². The van der Waals surface area contributed by atoms with Crippen molar-refractivity contribution >= 4 is 0 Å². The standard InChI is InChI=1S/C4H11NO3.C3H9NO/c5-4(1-6,2-7)3-8;1-2-3(4)5/h6-8H,1-3,5H2;3,5H,2,4H2,1H3. The molecule has 0 aromatic heterocycles. The normalized spacial score (nSPS) is 13.2. The molecule has 0 spiro atoms. The molecule has 0 bridgehead atoms. The van der Waals surface area contributed by atoms with E-state index in [2.05, 4.69) is 0 Å². The second kappa shape index (κ2) is 8.36. The molecule has 6 nitrogen and oxygen atoms in total. The molecule has 0 aromatic rings. The predicted octanol–water partition coefficient (Wildman–Crippen LogP) is -2.67. The SMILES string of the molecule is CCC(N)O.NC(CO)(CO)CO. The van der Waals surface area contributed by atoms with Gasteiger partial charge in [0.15, 0.2) is 0 Å². The molecule has 1 atom stereocenters. The van der Waals surface area contributed by atoms with Crippen molar-refractivity contribution in [2.45, 2.75) is 25.1 Å². The van der Waals surface area contributed by atoms with Crippen LogP contribution in [-0.2, 0) is 0 Å². The third kappa shape index (κ3) is 9.68. The van der Waals surface area contributed by atoms with Crippen LogP contribution in [0.25, 0.3) is 0 Å². The fourth-order valence-corrected chi connectivity index (χ4v) is 0.150. The van der Waals surface area contributed by atoms with Gasteiger partial charge in [-0.3, -0.25) is 0 Å². The lowest BCUT2D eigenvalue weighted by atomic mass is 10.1. The Balaban J connectivity index is 0. The minimum Gasteiger partial charge on any atom is -0.394 e. The van der Waals surface area contributed by atoms with Crippen molar-refractivity contribution < 1.29 is 20.4 Å². The Kier molecular flexibility index (Phi) is 9.80. The number of aliphatic hydroxyl groups excluding tert-OH is 4. The molecule has 0 radical (unpaired) electrons. The van der Waals surface area contributed by atoms with Gasteiger partial charge < -0.3 is 31.9 Å². The largest absolute Gasteiger partial charge is 0.394 e. The highest BCUT2D eigenvalue weighted by Gasteiger charge is 2.20. The lowest BCUT2D eigenvalue weighted by Crippen LogP contribution is -2.50. The number of aliphatic hydroxyl groups is 4. The minimum atomic E-state index is -1.21. The van der Waals surface area contributed by atoms with Crippen LogP contribution in [0.4, 0.5) is 0 Å². The van der Waals surface area contributed by atoms with Crippen molar-refractivity contribution in [1.29, 1.82) is 0 Å². The Hall–Kier alpha value is -0.240. The van der Waals surface area contributed by atoms with Gasteiger partial charge in [-0.2, -0.15) is 0 Å². The maximum absolute atomic E-state index is 8.34. The first-order chi connectivity index (χ1) is 5.95. The molecule has 0 amide bonds. The molecule has 0 aliphatic heterocycles. The lowest BCUT2D eigenvalue weighted by molar-refractivity contribution is 0.0698. The highest BCUT2D eigenvalue weighted by atomic mass is 16.3. The number of hydrogen-bond donors (Lipinski definition) is 6. The van der Waals surface area contributed by atoms with Crippen LogP contribution in [0, 0.1) is 0 Å². The van der Waals surface area contributed by atoms with Gasteiger partial charge in [-0.25, -0.2) is 0 Å². The van der Waals surface area contributed by atoms with Gasteiger partial charge in [0.1, 0.15) is 6.23 Å². The maximum atomic E-state index is 8.34. The molecular weight excluding hydrogens is 176 g/mol. The Morgan fingerprint density at radius 3 is 1.38 bits per heavy atom. The Bertz CT molecular complexity index is 98.4. The van der Waals surface area contributed by atoms with Crippen LogP contribution in [0.1, 0.15) is 13.3 Å². The molecule has 82 valence electrons. The van der Waals surface area contributed by atoms with Crippen molar-refractivity contribution in [3.63, 3.8) is 0 Å². The molecule has 0 aromatic carbocycles. The first kappa shape index (κ1) is 15.2. The van der Waals surface area contributed by atoms with Crippen molar-refractivity contribution in [3.8, 4) is 0 Å². The smallest absolute Gasteiger partial charge is 0.102 e. The zero-order valence-corrected chi connectivity index (χ0v) is 7.85. The fourth-order valence-electron chi connectivity index (χ4n) is 0.150. The van der Waals surface area contributed by atoms with E-state index in [9.17, 15) is 0 Å². The quantitative estimate of drug-likeness (QED) is 0.272. The lowest BCUT2D eigenvalue weighted by Gasteiger charge is -2.20. The zero-order chi connectivity index (χ0) is 10.9. The summed E-state index contributed by atoms with van der Waals surface area (Å²) in [6.07, 6.45) is 0.0231. The van der Waals surface area contributed by atoms with Gasteiger partial charge >= 0.3 is 0 Å². The van der Waals surface area contributed by atoms with E-state index in [0.29, 0.717) is 6.42 Å². The monoisotopic (exact) mass is 196 g/mol. The first-order valence-electron chi connectivity index (χ1n) is 4.00. The molecular formula is C7H20N2O4. The molecule has 13 heavy (non-hydrogen) atoms. The topological polar surface area (TPSA) is 133 Å². The Morgan fingerprint density at radius 1 is 1.15 bits per heavy atom. The van der Waals surface area contributed by atoms with E-state index in [4.69, 9.17) is 31.9 Å². The summed E-state index contributed by atoms with van der Waals surface area (Å²) in [5, 5.41) is 33.2. The van der Waals surface area contributed by atoms with E-state index in [1.807, 2.05) is 6.92 Å². The van der Waals surface area contributed by atoms with Crippen LogP contribution in [0.2, 0.25) is 0 Å². The van der Waals surface area contributed by atoms with E-state index in [0.717, 1.165) is 0 Å². The fraction of sp³-hybridized carbons (Fsp3) is 1.00. The van der Waals surface area contributed by atoms with Gasteiger partial charge in [-0.05, 0) is 6.42 Å². The highest BCUT2D eigenvalue weighted by molar-refractivity contribution is 4.80. The average Bonchev–Trinajstić information content (AvgIpc) is 2.17. The Morgan fingerprint density at radius 2 is 1.38 bits per heavy atom. The summed E-state index contributed by atoms with van der Waals surface area (Å²) in [5.41, 5.74) is 8.78. The molecule has 0 fully saturated rings. The summed E-state index contributed by atoms with van der Waals surface area (Å²) >= 11 is 0. The second-order valence-corrected chi connectivity index (χ2v) is 2.81. The predicted molar refractivity (Wildman–Crippen MR) is 48.7 cm³/mol. The van der Waals surface area contributed by atoms with E-state index >= 15 is 0 Å². The molecule has 0 saturated heterocycles. The molecule has 8 N–H and O–H groups in total.